The molecule has 0 atom stereocenters. The highest BCUT2D eigenvalue weighted by atomic mass is 16.6. The van der Waals surface area contributed by atoms with E-state index in [1.165, 1.54) is 33.6 Å². The lowest BCUT2D eigenvalue weighted by atomic mass is 9.92. The highest BCUT2D eigenvalue weighted by Crippen LogP contribution is 2.32. The molecule has 0 aliphatic heterocycles. The van der Waals surface area contributed by atoms with E-state index >= 15 is 0 Å². The Morgan fingerprint density at radius 1 is 0.387 bits per heavy atom. The number of aromatic nitrogens is 4. The first-order chi connectivity index (χ1) is 30.1. The van der Waals surface area contributed by atoms with Crippen LogP contribution in [0.15, 0.2) is 122 Å². The minimum Gasteiger partial charge on any atom is -0.487 e. The molecule has 2 heterocycles. The van der Waals surface area contributed by atoms with Crippen LogP contribution in [0.5, 0.6) is 23.0 Å². The molecule has 0 N–H and O–H groups in total. The Labute approximate surface area is 369 Å². The Morgan fingerprint density at radius 2 is 0.694 bits per heavy atom. The summed E-state index contributed by atoms with van der Waals surface area (Å²) in [5, 5.41) is 0. The van der Waals surface area contributed by atoms with Gasteiger partial charge in [0.15, 0.2) is 23.0 Å². The molecular weight excluding hydrogens is 777 g/mol. The van der Waals surface area contributed by atoms with Gasteiger partial charge in [0, 0.05) is 22.3 Å². The Hall–Kier alpha value is -5.58. The van der Waals surface area contributed by atoms with Crippen LogP contribution in [0.2, 0.25) is 0 Å². The molecule has 0 unspecified atom stereocenters. The van der Waals surface area contributed by atoms with Crippen LogP contribution in [0.4, 0.5) is 0 Å². The van der Waals surface area contributed by atoms with E-state index < -0.39 is 0 Å². The monoisotopic (exact) mass is 845 g/mol. The first-order valence-electron chi connectivity index (χ1n) is 22.4. The topological polar surface area (TPSA) is 73.0 Å². The molecule has 0 aliphatic rings. The van der Waals surface area contributed by atoms with E-state index in [1.807, 2.05) is 48.5 Å². The van der Waals surface area contributed by atoms with Gasteiger partial charge in [-0.05, 0) is 47.9 Å². The molecule has 0 spiro atoms. The summed E-state index contributed by atoms with van der Waals surface area (Å²) < 4.78 is 44.8. The fourth-order valence-corrected chi connectivity index (χ4v) is 7.58. The highest BCUT2D eigenvalue weighted by molar-refractivity contribution is 5.52. The van der Waals surface area contributed by atoms with Crippen LogP contribution >= 0.6 is 0 Å². The van der Waals surface area contributed by atoms with Gasteiger partial charge in [0.2, 0.25) is 12.7 Å². The van der Waals surface area contributed by atoms with Crippen LogP contribution in [0, 0.1) is 0 Å². The number of rotatable bonds is 25. The molecule has 4 aromatic carbocycles. The number of benzene rings is 4. The molecule has 10 nitrogen and oxygen atoms in total. The average molecular weight is 845 g/mol. The van der Waals surface area contributed by atoms with Crippen LogP contribution < -0.4 is 28.1 Å². The van der Waals surface area contributed by atoms with Gasteiger partial charge in [-0.25, -0.2) is 18.3 Å². The van der Waals surface area contributed by atoms with Crippen molar-refractivity contribution in [2.24, 2.45) is 0 Å². The summed E-state index contributed by atoms with van der Waals surface area (Å²) in [7, 11) is 0. The maximum Gasteiger partial charge on any atom is 0.249 e. The summed E-state index contributed by atoms with van der Waals surface area (Å²) in [6.07, 6.45) is 12.8. The van der Waals surface area contributed by atoms with Gasteiger partial charge in [0.25, 0.3) is 0 Å². The van der Waals surface area contributed by atoms with E-state index in [2.05, 4.69) is 147 Å². The largest absolute Gasteiger partial charge is 0.487 e. The van der Waals surface area contributed by atoms with Gasteiger partial charge in [-0.3, -0.25) is 0 Å². The van der Waals surface area contributed by atoms with E-state index in [0.717, 1.165) is 0 Å². The van der Waals surface area contributed by atoms with Gasteiger partial charge in [0.05, 0.1) is 26.4 Å². The number of hydrogen-bond donors (Lipinski definition) is 0. The summed E-state index contributed by atoms with van der Waals surface area (Å²) >= 11 is 0. The van der Waals surface area contributed by atoms with Crippen molar-refractivity contribution in [3.05, 3.63) is 145 Å². The van der Waals surface area contributed by atoms with E-state index in [-0.39, 0.29) is 0 Å². The molecule has 10 heteroatoms. The lowest BCUT2D eigenvalue weighted by Crippen LogP contribution is -2.34. The molecule has 0 bridgehead atoms. The van der Waals surface area contributed by atoms with E-state index in [0.29, 0.717) is 113 Å². The molecular formula is C52H68N4O6+2. The summed E-state index contributed by atoms with van der Waals surface area (Å²) in [5.41, 5.74) is 7.96. The predicted octanol–water partition coefficient (Wildman–Crippen LogP) is 9.99. The zero-order valence-corrected chi connectivity index (χ0v) is 38.2. The molecule has 0 saturated carbocycles. The maximum absolute atomic E-state index is 6.19. The van der Waals surface area contributed by atoms with Crippen molar-refractivity contribution in [3.63, 3.8) is 0 Å². The third-order valence-corrected chi connectivity index (χ3v) is 10.8. The lowest BCUT2D eigenvalue weighted by molar-refractivity contribution is -0.696. The fourth-order valence-electron chi connectivity index (χ4n) is 7.58. The SMILES string of the molecule is CC(C)c1cccc(C(C)C)c1-n1cc[n+](CCOc2ccccc2OCCOCCOCCOc2ccccc2OCC[n+]2ccn(-c3c(C(C)C)cccc3C(C)C)c2)c1. The smallest absolute Gasteiger partial charge is 0.249 e. The quantitative estimate of drug-likeness (QED) is 0.0422. The molecule has 6 rings (SSSR count). The summed E-state index contributed by atoms with van der Waals surface area (Å²) in [6.45, 7) is 23.0. The van der Waals surface area contributed by atoms with Crippen molar-refractivity contribution in [1.29, 1.82) is 0 Å². The molecule has 0 fully saturated rings. The lowest BCUT2D eigenvalue weighted by Gasteiger charge is -2.16. The fraction of sp³-hybridized carbons (Fsp3) is 0.423. The van der Waals surface area contributed by atoms with E-state index in [9.17, 15) is 0 Å². The van der Waals surface area contributed by atoms with E-state index in [1.54, 1.807) is 0 Å². The van der Waals surface area contributed by atoms with Crippen LogP contribution in [-0.2, 0) is 22.6 Å². The van der Waals surface area contributed by atoms with Gasteiger partial charge in [-0.1, -0.05) is 116 Å². The van der Waals surface area contributed by atoms with Crippen molar-refractivity contribution in [3.8, 4) is 34.4 Å². The first-order valence-corrected chi connectivity index (χ1v) is 22.4. The van der Waals surface area contributed by atoms with Gasteiger partial charge >= 0.3 is 0 Å². The zero-order valence-electron chi connectivity index (χ0n) is 38.2. The maximum atomic E-state index is 6.19. The van der Waals surface area contributed by atoms with Crippen LogP contribution in [-0.4, -0.2) is 62.0 Å². The summed E-state index contributed by atoms with van der Waals surface area (Å²) in [4.78, 5) is 0. The van der Waals surface area contributed by atoms with Crippen molar-refractivity contribution in [2.75, 3.05) is 52.9 Å². The van der Waals surface area contributed by atoms with Crippen molar-refractivity contribution < 1.29 is 37.6 Å². The highest BCUT2D eigenvalue weighted by Gasteiger charge is 2.22. The molecule has 0 amide bonds. The molecule has 2 aromatic heterocycles. The van der Waals surface area contributed by atoms with Gasteiger partial charge in [0.1, 0.15) is 75.7 Å². The predicted molar refractivity (Wildman–Crippen MR) is 245 cm³/mol. The van der Waals surface area contributed by atoms with Crippen LogP contribution in [0.25, 0.3) is 11.4 Å². The third-order valence-electron chi connectivity index (χ3n) is 10.8. The number of ether oxygens (including phenoxy) is 6. The Kier molecular flexibility index (Phi) is 17.1. The van der Waals surface area contributed by atoms with Crippen molar-refractivity contribution in [2.45, 2.75) is 92.2 Å². The normalized spacial score (nSPS) is 11.6. The zero-order chi connectivity index (χ0) is 43.8. The molecule has 0 saturated heterocycles. The number of nitrogens with zero attached hydrogens (tertiary/aromatic N) is 4. The van der Waals surface area contributed by atoms with Gasteiger partial charge in [-0.15, -0.1) is 0 Å². The first kappa shape index (κ1) is 45.9. The van der Waals surface area contributed by atoms with Crippen LogP contribution in [0.1, 0.15) is 101 Å². The van der Waals surface area contributed by atoms with Crippen LogP contribution in [0.3, 0.4) is 0 Å². The number of imidazole rings is 2. The molecule has 330 valence electrons. The second-order valence-corrected chi connectivity index (χ2v) is 16.8. The average Bonchev–Trinajstić information content (AvgIpc) is 3.95. The molecule has 0 radical (unpaired) electrons. The Balaban J connectivity index is 0.858. The molecule has 6 aromatic rings. The Morgan fingerprint density at radius 3 is 1.02 bits per heavy atom. The van der Waals surface area contributed by atoms with Gasteiger partial charge < -0.3 is 28.4 Å². The second-order valence-electron chi connectivity index (χ2n) is 16.8. The molecule has 62 heavy (non-hydrogen) atoms. The van der Waals surface area contributed by atoms with Crippen molar-refractivity contribution >= 4 is 0 Å². The standard InChI is InChI=1S/C52H68N4O6/c1-39(2)43-15-13-16-44(40(3)4)51(43)55-25-23-53(37-55)27-29-59-47-19-9-11-21-49(47)61-35-33-57-31-32-58-34-36-62-50-22-12-10-20-48(50)60-30-28-54-24-26-56(38-54)52-45(41(5)6)17-14-18-46(52)42(7)8/h9-26,37-42H,27-36H2,1-8H3/q+2. The minimum atomic E-state index is 0.404. The minimum absolute atomic E-state index is 0.404. The van der Waals surface area contributed by atoms with E-state index in [4.69, 9.17) is 28.4 Å². The third kappa shape index (κ3) is 12.5. The number of hydrogen-bond acceptors (Lipinski definition) is 6. The molecule has 0 aliphatic carbocycles. The van der Waals surface area contributed by atoms with Gasteiger partial charge in [-0.2, -0.15) is 0 Å². The second kappa shape index (κ2) is 23.0. The van der Waals surface area contributed by atoms with Crippen molar-refractivity contribution in [1.82, 2.24) is 9.13 Å². The summed E-state index contributed by atoms with van der Waals surface area (Å²) in [6, 6.07) is 28.8. The Bertz CT molecular complexity index is 2060. The number of para-hydroxylation sites is 6. The summed E-state index contributed by atoms with van der Waals surface area (Å²) in [5.74, 6) is 4.55.